The molecule has 1 amide bonds. The van der Waals surface area contributed by atoms with Gasteiger partial charge in [-0.3, -0.25) is 4.79 Å². The van der Waals surface area contributed by atoms with Crippen molar-refractivity contribution in [3.8, 4) is 0 Å². The summed E-state index contributed by atoms with van der Waals surface area (Å²) in [6.07, 6.45) is -0.551. The van der Waals surface area contributed by atoms with Crippen LogP contribution in [0.2, 0.25) is 0 Å². The Bertz CT molecular complexity index is 1090. The average molecular weight is 399 g/mol. The van der Waals surface area contributed by atoms with E-state index in [4.69, 9.17) is 10.5 Å². The summed E-state index contributed by atoms with van der Waals surface area (Å²) in [5, 5.41) is 11.4. The number of hydrogen-bond donors (Lipinski definition) is 2. The summed E-state index contributed by atoms with van der Waals surface area (Å²) in [5.41, 5.74) is 6.07. The van der Waals surface area contributed by atoms with Gasteiger partial charge in [0.1, 0.15) is 11.9 Å². The van der Waals surface area contributed by atoms with E-state index in [0.717, 1.165) is 5.56 Å². The summed E-state index contributed by atoms with van der Waals surface area (Å²) >= 11 is 0. The van der Waals surface area contributed by atoms with E-state index in [1.54, 1.807) is 0 Å². The van der Waals surface area contributed by atoms with Crippen molar-refractivity contribution in [3.05, 3.63) is 119 Å². The molecule has 3 aromatic carbocycles. The minimum absolute atomic E-state index is 0.299. The van der Waals surface area contributed by atoms with Gasteiger partial charge in [0.05, 0.1) is 5.41 Å². The predicted molar refractivity (Wildman–Crippen MR) is 112 cm³/mol. The number of primary amides is 1. The van der Waals surface area contributed by atoms with Gasteiger partial charge in [0.2, 0.25) is 0 Å². The molecule has 0 bridgehead atoms. The first-order valence-electron chi connectivity index (χ1n) is 9.63. The van der Waals surface area contributed by atoms with Crippen LogP contribution in [0, 0.1) is 0 Å². The molecule has 1 aliphatic heterocycles. The largest absolute Gasteiger partial charge is 0.510 e. The lowest BCUT2D eigenvalue weighted by molar-refractivity contribution is -0.153. The van der Waals surface area contributed by atoms with Crippen molar-refractivity contribution in [1.82, 2.24) is 0 Å². The van der Waals surface area contributed by atoms with Crippen molar-refractivity contribution in [2.24, 2.45) is 5.73 Å². The summed E-state index contributed by atoms with van der Waals surface area (Å²) in [7, 11) is 0. The summed E-state index contributed by atoms with van der Waals surface area (Å²) < 4.78 is 5.80. The van der Waals surface area contributed by atoms with Crippen molar-refractivity contribution >= 4 is 11.9 Å². The molecule has 0 radical (unpaired) electrons. The molecular formula is C25H21NO4. The Morgan fingerprint density at radius 3 is 2.00 bits per heavy atom. The number of aliphatic hydroxyl groups is 1. The van der Waals surface area contributed by atoms with Gasteiger partial charge in [-0.05, 0) is 23.1 Å². The first kappa shape index (κ1) is 19.5. The second-order valence-electron chi connectivity index (χ2n) is 7.28. The monoisotopic (exact) mass is 399 g/mol. The molecule has 3 aromatic rings. The van der Waals surface area contributed by atoms with E-state index in [0.29, 0.717) is 17.5 Å². The first-order valence-corrected chi connectivity index (χ1v) is 9.63. The van der Waals surface area contributed by atoms with Gasteiger partial charge in [0.15, 0.2) is 5.57 Å². The van der Waals surface area contributed by atoms with Gasteiger partial charge >= 0.3 is 5.97 Å². The number of ether oxygens (including phenoxy) is 1. The van der Waals surface area contributed by atoms with E-state index in [9.17, 15) is 14.7 Å². The van der Waals surface area contributed by atoms with Gasteiger partial charge in [-0.25, -0.2) is 4.79 Å². The Morgan fingerprint density at radius 1 is 0.900 bits per heavy atom. The van der Waals surface area contributed by atoms with E-state index >= 15 is 0 Å². The van der Waals surface area contributed by atoms with Crippen LogP contribution in [0.4, 0.5) is 0 Å². The highest BCUT2D eigenvalue weighted by atomic mass is 16.5. The second kappa shape index (κ2) is 7.87. The molecule has 0 saturated heterocycles. The maximum Gasteiger partial charge on any atom is 0.347 e. The second-order valence-corrected chi connectivity index (χ2v) is 7.28. The SMILES string of the molecule is NC(=O)C1=C(O)C(Cc2ccccc2)(c2ccccc2)C(c2ccccc2)OC1=O. The van der Waals surface area contributed by atoms with E-state index in [-0.39, 0.29) is 5.76 Å². The van der Waals surface area contributed by atoms with E-state index in [1.165, 1.54) is 0 Å². The minimum atomic E-state index is -1.22. The molecule has 1 aliphatic rings. The Labute approximate surface area is 174 Å². The summed E-state index contributed by atoms with van der Waals surface area (Å²) in [4.78, 5) is 24.8. The third kappa shape index (κ3) is 3.24. The smallest absolute Gasteiger partial charge is 0.347 e. The van der Waals surface area contributed by atoms with E-state index < -0.39 is 29.0 Å². The molecular weight excluding hydrogens is 378 g/mol. The van der Waals surface area contributed by atoms with Crippen molar-refractivity contribution < 1.29 is 19.4 Å². The van der Waals surface area contributed by atoms with Crippen LogP contribution in [0.15, 0.2) is 102 Å². The number of nitrogens with two attached hydrogens (primary N) is 1. The normalized spacial score (nSPS) is 21.2. The van der Waals surface area contributed by atoms with E-state index in [1.807, 2.05) is 91.0 Å². The fourth-order valence-electron chi connectivity index (χ4n) is 4.13. The number of benzene rings is 3. The van der Waals surface area contributed by atoms with Gasteiger partial charge in [0.25, 0.3) is 5.91 Å². The zero-order chi connectivity index (χ0) is 21.1. The Kier molecular flexibility index (Phi) is 5.11. The van der Waals surface area contributed by atoms with Crippen LogP contribution < -0.4 is 5.73 Å². The topological polar surface area (TPSA) is 89.6 Å². The molecule has 30 heavy (non-hydrogen) atoms. The third-order valence-corrected chi connectivity index (χ3v) is 5.50. The lowest BCUT2D eigenvalue weighted by Gasteiger charge is -2.43. The van der Waals surface area contributed by atoms with Gasteiger partial charge in [0, 0.05) is 0 Å². The molecule has 3 N–H and O–H groups in total. The molecule has 4 rings (SSSR count). The number of carbonyl (C=O) groups excluding carboxylic acids is 2. The number of cyclic esters (lactones) is 1. The lowest BCUT2D eigenvalue weighted by Crippen LogP contribution is -2.47. The number of hydrogen-bond acceptors (Lipinski definition) is 4. The number of rotatable bonds is 5. The van der Waals surface area contributed by atoms with Crippen LogP contribution in [-0.4, -0.2) is 17.0 Å². The first-order chi connectivity index (χ1) is 14.5. The molecule has 150 valence electrons. The maximum atomic E-state index is 12.7. The highest BCUT2D eigenvalue weighted by molar-refractivity contribution is 6.17. The van der Waals surface area contributed by atoms with Crippen LogP contribution in [-0.2, 0) is 26.2 Å². The Hall–Kier alpha value is -3.86. The van der Waals surface area contributed by atoms with Crippen LogP contribution >= 0.6 is 0 Å². The van der Waals surface area contributed by atoms with Crippen LogP contribution in [0.5, 0.6) is 0 Å². The van der Waals surface area contributed by atoms with Crippen LogP contribution in [0.25, 0.3) is 0 Å². The number of carbonyl (C=O) groups is 2. The zero-order valence-corrected chi connectivity index (χ0v) is 16.2. The fraction of sp³-hybridized carbons (Fsp3) is 0.120. The lowest BCUT2D eigenvalue weighted by atomic mass is 9.66. The van der Waals surface area contributed by atoms with Gasteiger partial charge in [-0.1, -0.05) is 91.0 Å². The highest BCUT2D eigenvalue weighted by Gasteiger charge is 2.54. The molecule has 2 atom stereocenters. The van der Waals surface area contributed by atoms with Crippen molar-refractivity contribution in [1.29, 1.82) is 0 Å². The average Bonchev–Trinajstić information content (AvgIpc) is 2.77. The predicted octanol–water partition coefficient (Wildman–Crippen LogP) is 3.76. The van der Waals surface area contributed by atoms with Crippen molar-refractivity contribution in [2.45, 2.75) is 17.9 Å². The number of esters is 1. The Morgan fingerprint density at radius 2 is 1.43 bits per heavy atom. The van der Waals surface area contributed by atoms with Crippen LogP contribution in [0.3, 0.4) is 0 Å². The van der Waals surface area contributed by atoms with E-state index in [2.05, 4.69) is 0 Å². The minimum Gasteiger partial charge on any atom is -0.510 e. The highest BCUT2D eigenvalue weighted by Crippen LogP contribution is 2.50. The quantitative estimate of drug-likeness (QED) is 0.505. The van der Waals surface area contributed by atoms with Gasteiger partial charge < -0.3 is 15.6 Å². The fourth-order valence-corrected chi connectivity index (χ4v) is 4.13. The van der Waals surface area contributed by atoms with Crippen LogP contribution in [0.1, 0.15) is 22.8 Å². The van der Waals surface area contributed by atoms with Gasteiger partial charge in [-0.15, -0.1) is 0 Å². The Balaban J connectivity index is 2.04. The summed E-state index contributed by atoms with van der Waals surface area (Å²) in [6.45, 7) is 0. The standard InChI is InChI=1S/C25H21NO4/c26-23(28)20-21(27)25(19-14-8-3-9-15-19,16-17-10-4-1-5-11-17)22(30-24(20)29)18-12-6-2-7-13-18/h1-15,22,27H,16H2,(H2,26,28). The molecule has 1 heterocycles. The molecule has 5 nitrogen and oxygen atoms in total. The molecule has 0 spiro atoms. The zero-order valence-electron chi connectivity index (χ0n) is 16.2. The molecule has 0 saturated carbocycles. The molecule has 5 heteroatoms. The number of amides is 1. The summed E-state index contributed by atoms with van der Waals surface area (Å²) in [5.74, 6) is -2.30. The third-order valence-electron chi connectivity index (χ3n) is 5.50. The molecule has 0 aliphatic carbocycles. The van der Waals surface area contributed by atoms with Gasteiger partial charge in [-0.2, -0.15) is 0 Å². The molecule has 0 aromatic heterocycles. The molecule has 0 fully saturated rings. The molecule has 2 unspecified atom stereocenters. The van der Waals surface area contributed by atoms with Crippen molar-refractivity contribution in [2.75, 3.05) is 0 Å². The summed E-state index contributed by atoms with van der Waals surface area (Å²) in [6, 6.07) is 28.0. The number of aliphatic hydroxyl groups excluding tert-OH is 1. The maximum absolute atomic E-state index is 12.7. The van der Waals surface area contributed by atoms with Crippen molar-refractivity contribution in [3.63, 3.8) is 0 Å².